The molecule has 1 saturated carbocycles. The largest absolute Gasteiger partial charge is 0.373 e. The maximum absolute atomic E-state index is 12.1. The lowest BCUT2D eigenvalue weighted by Gasteiger charge is -2.24. The first-order valence-corrected chi connectivity index (χ1v) is 8.46. The van der Waals surface area contributed by atoms with Crippen molar-refractivity contribution >= 4 is 11.6 Å². The quantitative estimate of drug-likeness (QED) is 0.814. The van der Waals surface area contributed by atoms with Crippen molar-refractivity contribution in [1.82, 2.24) is 5.32 Å². The van der Waals surface area contributed by atoms with Crippen molar-refractivity contribution in [3.8, 4) is 0 Å². The van der Waals surface area contributed by atoms with Crippen LogP contribution in [-0.4, -0.2) is 32.1 Å². The zero-order chi connectivity index (χ0) is 15.8. The number of anilines is 1. The predicted octanol–water partition coefficient (Wildman–Crippen LogP) is 2.54. The second kappa shape index (κ2) is 8.79. The molecule has 0 heterocycles. The van der Waals surface area contributed by atoms with Crippen LogP contribution in [0.1, 0.15) is 38.5 Å². The molecule has 1 aliphatic carbocycles. The smallest absolute Gasteiger partial charge is 0.236 e. The van der Waals surface area contributed by atoms with Crippen molar-refractivity contribution in [3.63, 3.8) is 0 Å². The first-order chi connectivity index (χ1) is 10.7. The van der Waals surface area contributed by atoms with Crippen LogP contribution in [0.25, 0.3) is 0 Å². The molecule has 1 unspecified atom stereocenters. The van der Waals surface area contributed by atoms with Gasteiger partial charge in [-0.25, -0.2) is 0 Å². The topological polar surface area (TPSA) is 58.4 Å². The molecule has 0 spiro atoms. The molecule has 2 rings (SSSR count). The maximum atomic E-state index is 12.1. The van der Waals surface area contributed by atoms with E-state index in [4.69, 9.17) is 5.73 Å². The van der Waals surface area contributed by atoms with Gasteiger partial charge in [-0.05, 0) is 24.5 Å². The highest BCUT2D eigenvalue weighted by Gasteiger charge is 2.20. The van der Waals surface area contributed by atoms with E-state index in [1.54, 1.807) is 0 Å². The van der Waals surface area contributed by atoms with Crippen molar-refractivity contribution < 1.29 is 4.79 Å². The molecule has 0 saturated heterocycles. The van der Waals surface area contributed by atoms with E-state index in [-0.39, 0.29) is 11.9 Å². The van der Waals surface area contributed by atoms with Crippen LogP contribution in [0.3, 0.4) is 0 Å². The highest BCUT2D eigenvalue weighted by atomic mass is 16.2. The highest BCUT2D eigenvalue weighted by Crippen LogP contribution is 2.26. The van der Waals surface area contributed by atoms with Crippen LogP contribution in [0.2, 0.25) is 0 Å². The fraction of sp³-hybridized carbons (Fsp3) is 0.611. The van der Waals surface area contributed by atoms with Crippen LogP contribution in [0.4, 0.5) is 5.69 Å². The Kier molecular flexibility index (Phi) is 6.72. The SMILES string of the molecule is CN(CCNC(=O)C(N)CC1CCCCC1)c1ccccc1. The van der Waals surface area contributed by atoms with Gasteiger partial charge in [0.1, 0.15) is 0 Å². The molecule has 1 aromatic rings. The van der Waals surface area contributed by atoms with Gasteiger partial charge in [0.05, 0.1) is 6.04 Å². The summed E-state index contributed by atoms with van der Waals surface area (Å²) in [6.45, 7) is 1.41. The number of hydrogen-bond donors (Lipinski definition) is 2. The van der Waals surface area contributed by atoms with Crippen LogP contribution in [0.15, 0.2) is 30.3 Å². The van der Waals surface area contributed by atoms with Gasteiger partial charge in [0, 0.05) is 25.8 Å². The number of likely N-dealkylation sites (N-methyl/N-ethyl adjacent to an activating group) is 1. The Morgan fingerprint density at radius 2 is 1.95 bits per heavy atom. The van der Waals surface area contributed by atoms with Gasteiger partial charge < -0.3 is 16.0 Å². The molecular formula is C18H29N3O. The Morgan fingerprint density at radius 3 is 2.64 bits per heavy atom. The van der Waals surface area contributed by atoms with Gasteiger partial charge in [0.25, 0.3) is 0 Å². The molecule has 4 nitrogen and oxygen atoms in total. The number of hydrogen-bond acceptors (Lipinski definition) is 3. The minimum absolute atomic E-state index is 0.00737. The molecule has 1 fully saturated rings. The summed E-state index contributed by atoms with van der Waals surface area (Å²) < 4.78 is 0. The summed E-state index contributed by atoms with van der Waals surface area (Å²) in [6.07, 6.45) is 7.22. The first-order valence-electron chi connectivity index (χ1n) is 8.46. The van der Waals surface area contributed by atoms with E-state index in [1.807, 2.05) is 25.2 Å². The van der Waals surface area contributed by atoms with Crippen molar-refractivity contribution in [3.05, 3.63) is 30.3 Å². The first kappa shape index (κ1) is 16.8. The lowest BCUT2D eigenvalue weighted by molar-refractivity contribution is -0.122. The molecule has 22 heavy (non-hydrogen) atoms. The zero-order valence-corrected chi connectivity index (χ0v) is 13.6. The zero-order valence-electron chi connectivity index (χ0n) is 13.6. The van der Waals surface area contributed by atoms with Crippen LogP contribution in [0, 0.1) is 5.92 Å². The summed E-state index contributed by atoms with van der Waals surface area (Å²) >= 11 is 0. The van der Waals surface area contributed by atoms with Gasteiger partial charge in [-0.2, -0.15) is 0 Å². The molecular weight excluding hydrogens is 274 g/mol. The lowest BCUT2D eigenvalue weighted by Crippen LogP contribution is -2.44. The Balaban J connectivity index is 1.66. The average Bonchev–Trinajstić information content (AvgIpc) is 2.56. The van der Waals surface area contributed by atoms with E-state index in [2.05, 4.69) is 22.3 Å². The number of nitrogens with two attached hydrogens (primary N) is 1. The summed E-state index contributed by atoms with van der Waals surface area (Å²) in [4.78, 5) is 14.2. The molecule has 0 radical (unpaired) electrons. The summed E-state index contributed by atoms with van der Waals surface area (Å²) in [5.74, 6) is 0.633. The van der Waals surface area contributed by atoms with Crippen molar-refractivity contribution in [2.24, 2.45) is 11.7 Å². The maximum Gasteiger partial charge on any atom is 0.236 e. The van der Waals surface area contributed by atoms with Crippen LogP contribution >= 0.6 is 0 Å². The fourth-order valence-electron chi connectivity index (χ4n) is 3.18. The van der Waals surface area contributed by atoms with Crippen molar-refractivity contribution in [2.75, 3.05) is 25.0 Å². The molecule has 1 aromatic carbocycles. The van der Waals surface area contributed by atoms with E-state index in [1.165, 1.54) is 32.1 Å². The molecule has 0 aromatic heterocycles. The van der Waals surface area contributed by atoms with Crippen molar-refractivity contribution in [2.45, 2.75) is 44.6 Å². The fourth-order valence-corrected chi connectivity index (χ4v) is 3.18. The average molecular weight is 303 g/mol. The van der Waals surface area contributed by atoms with Crippen LogP contribution in [-0.2, 0) is 4.79 Å². The highest BCUT2D eigenvalue weighted by molar-refractivity contribution is 5.81. The number of amides is 1. The Morgan fingerprint density at radius 1 is 1.27 bits per heavy atom. The van der Waals surface area contributed by atoms with Gasteiger partial charge in [0.15, 0.2) is 0 Å². The van der Waals surface area contributed by atoms with Crippen LogP contribution < -0.4 is 16.0 Å². The molecule has 0 bridgehead atoms. The van der Waals surface area contributed by atoms with Gasteiger partial charge in [-0.15, -0.1) is 0 Å². The van der Waals surface area contributed by atoms with Gasteiger partial charge in [0.2, 0.25) is 5.91 Å². The number of benzene rings is 1. The molecule has 1 atom stereocenters. The molecule has 3 N–H and O–H groups in total. The number of nitrogens with one attached hydrogen (secondary N) is 1. The third kappa shape index (κ3) is 5.34. The number of carbonyl (C=O) groups is 1. The minimum Gasteiger partial charge on any atom is -0.373 e. The van der Waals surface area contributed by atoms with E-state index in [0.717, 1.165) is 18.7 Å². The molecule has 0 aliphatic heterocycles. The third-order valence-corrected chi connectivity index (χ3v) is 4.59. The Hall–Kier alpha value is -1.55. The van der Waals surface area contributed by atoms with Crippen molar-refractivity contribution in [1.29, 1.82) is 0 Å². The molecule has 122 valence electrons. The van der Waals surface area contributed by atoms with Crippen LogP contribution in [0.5, 0.6) is 0 Å². The second-order valence-corrected chi connectivity index (χ2v) is 6.39. The molecule has 1 amide bonds. The molecule has 1 aliphatic rings. The van der Waals surface area contributed by atoms with E-state index in [9.17, 15) is 4.79 Å². The standard InChI is InChI=1S/C18H29N3O/c1-21(16-10-6-3-7-11-16)13-12-20-18(22)17(19)14-15-8-4-2-5-9-15/h3,6-7,10-11,15,17H,2,4-5,8-9,12-14,19H2,1H3,(H,20,22). The number of rotatable bonds is 7. The number of nitrogens with zero attached hydrogens (tertiary/aromatic N) is 1. The lowest BCUT2D eigenvalue weighted by atomic mass is 9.85. The monoisotopic (exact) mass is 303 g/mol. The van der Waals surface area contributed by atoms with E-state index in [0.29, 0.717) is 12.5 Å². The van der Waals surface area contributed by atoms with Gasteiger partial charge >= 0.3 is 0 Å². The molecule has 4 heteroatoms. The predicted molar refractivity (Wildman–Crippen MR) is 91.9 cm³/mol. The Bertz CT molecular complexity index is 443. The summed E-state index contributed by atoms with van der Waals surface area (Å²) in [7, 11) is 2.03. The van der Waals surface area contributed by atoms with E-state index >= 15 is 0 Å². The number of para-hydroxylation sites is 1. The summed E-state index contributed by atoms with van der Waals surface area (Å²) in [5, 5.41) is 2.97. The third-order valence-electron chi connectivity index (χ3n) is 4.59. The summed E-state index contributed by atoms with van der Waals surface area (Å²) in [6, 6.07) is 9.82. The minimum atomic E-state index is -0.356. The summed E-state index contributed by atoms with van der Waals surface area (Å²) in [5.41, 5.74) is 7.21. The van der Waals surface area contributed by atoms with Gasteiger partial charge in [-0.3, -0.25) is 4.79 Å². The second-order valence-electron chi connectivity index (χ2n) is 6.39. The Labute approximate surface area is 134 Å². The van der Waals surface area contributed by atoms with E-state index < -0.39 is 0 Å². The number of carbonyl (C=O) groups excluding carboxylic acids is 1. The van der Waals surface area contributed by atoms with Gasteiger partial charge in [-0.1, -0.05) is 50.3 Å². The normalized spacial score (nSPS) is 17.0.